The number of hydrogen-bond donors (Lipinski definition) is 2. The topological polar surface area (TPSA) is 84.2 Å². The highest BCUT2D eigenvalue weighted by Gasteiger charge is 2.15. The minimum Gasteiger partial charge on any atom is -0.431 e. The monoisotopic (exact) mass is 375 g/mol. The van der Waals surface area contributed by atoms with Gasteiger partial charge in [0.2, 0.25) is 0 Å². The van der Waals surface area contributed by atoms with Gasteiger partial charge in [0.05, 0.1) is 4.88 Å². The maximum atomic E-state index is 12.1. The third kappa shape index (κ3) is 4.68. The van der Waals surface area contributed by atoms with E-state index in [1.807, 2.05) is 12.1 Å². The fourth-order valence-corrected chi connectivity index (χ4v) is 2.81. The summed E-state index contributed by atoms with van der Waals surface area (Å²) in [5.41, 5.74) is 1.17. The van der Waals surface area contributed by atoms with Crippen LogP contribution in [0.1, 0.15) is 25.7 Å². The van der Waals surface area contributed by atoms with Crippen molar-refractivity contribution in [2.24, 2.45) is 0 Å². The fraction of sp³-hybridized carbons (Fsp3) is 0.118. The number of amides is 2. The zero-order valence-corrected chi connectivity index (χ0v) is 14.6. The standard InChI is InChI=1S/C17H14ClN3O3S/c18-12-5-3-11(4-6-12)7-8-19-15(22)13-10-24-17(20-13)21-16(23)14-2-1-9-25-14/h1-6,9-10H,7-8H2,(H,19,22)(H,20,21,23). The van der Waals surface area contributed by atoms with Crippen LogP contribution in [0.5, 0.6) is 0 Å². The van der Waals surface area contributed by atoms with Gasteiger partial charge in [0.1, 0.15) is 6.26 Å². The zero-order chi connectivity index (χ0) is 17.6. The van der Waals surface area contributed by atoms with Gasteiger partial charge in [0.15, 0.2) is 5.69 Å². The maximum absolute atomic E-state index is 12.1. The molecular formula is C17H14ClN3O3S. The van der Waals surface area contributed by atoms with Crippen LogP contribution in [0.15, 0.2) is 52.5 Å². The highest BCUT2D eigenvalue weighted by atomic mass is 35.5. The number of nitrogens with one attached hydrogen (secondary N) is 2. The Morgan fingerprint density at radius 1 is 1.16 bits per heavy atom. The smallest absolute Gasteiger partial charge is 0.302 e. The summed E-state index contributed by atoms with van der Waals surface area (Å²) in [6, 6.07) is 10.9. The number of oxazole rings is 1. The first-order chi connectivity index (χ1) is 12.1. The molecule has 2 heterocycles. The van der Waals surface area contributed by atoms with E-state index in [2.05, 4.69) is 15.6 Å². The Morgan fingerprint density at radius 3 is 2.68 bits per heavy atom. The number of carbonyl (C=O) groups is 2. The van der Waals surface area contributed by atoms with Gasteiger partial charge in [-0.05, 0) is 35.6 Å². The quantitative estimate of drug-likeness (QED) is 0.689. The minimum atomic E-state index is -0.366. The number of nitrogens with zero attached hydrogens (tertiary/aromatic N) is 1. The predicted octanol–water partition coefficient (Wildman–Crippen LogP) is 3.61. The molecule has 8 heteroatoms. The molecule has 0 unspecified atom stereocenters. The summed E-state index contributed by atoms with van der Waals surface area (Å²) in [7, 11) is 0. The first kappa shape index (κ1) is 17.2. The van der Waals surface area contributed by atoms with E-state index in [4.69, 9.17) is 16.0 Å². The van der Waals surface area contributed by atoms with Crippen molar-refractivity contribution >= 4 is 40.8 Å². The Bertz CT molecular complexity index is 860. The lowest BCUT2D eigenvalue weighted by Gasteiger charge is -2.03. The van der Waals surface area contributed by atoms with Gasteiger partial charge in [-0.25, -0.2) is 0 Å². The normalized spacial score (nSPS) is 10.4. The Hall–Kier alpha value is -2.64. The van der Waals surface area contributed by atoms with Crippen LogP contribution in [0.3, 0.4) is 0 Å². The van der Waals surface area contributed by atoms with Crippen LogP contribution in [0.4, 0.5) is 6.01 Å². The van der Waals surface area contributed by atoms with Gasteiger partial charge in [-0.3, -0.25) is 14.9 Å². The number of halogens is 1. The van der Waals surface area contributed by atoms with E-state index < -0.39 is 0 Å². The summed E-state index contributed by atoms with van der Waals surface area (Å²) in [5.74, 6) is -0.694. The molecule has 0 aliphatic heterocycles. The number of carbonyl (C=O) groups excluding carboxylic acids is 2. The van der Waals surface area contributed by atoms with E-state index >= 15 is 0 Å². The van der Waals surface area contributed by atoms with Crippen LogP contribution >= 0.6 is 22.9 Å². The van der Waals surface area contributed by atoms with E-state index in [9.17, 15) is 9.59 Å². The molecule has 0 radical (unpaired) electrons. The molecule has 0 spiro atoms. The van der Waals surface area contributed by atoms with Crippen LogP contribution in [-0.2, 0) is 6.42 Å². The molecule has 3 aromatic rings. The highest BCUT2D eigenvalue weighted by Crippen LogP contribution is 2.13. The van der Waals surface area contributed by atoms with Gasteiger partial charge in [-0.15, -0.1) is 11.3 Å². The van der Waals surface area contributed by atoms with Crippen molar-refractivity contribution in [2.75, 3.05) is 11.9 Å². The summed E-state index contributed by atoms with van der Waals surface area (Å²) in [4.78, 5) is 28.5. The molecule has 25 heavy (non-hydrogen) atoms. The number of aromatic nitrogens is 1. The van der Waals surface area contributed by atoms with Gasteiger partial charge in [-0.2, -0.15) is 4.98 Å². The summed E-state index contributed by atoms with van der Waals surface area (Å²) in [5, 5.41) is 7.73. The van der Waals surface area contributed by atoms with Gasteiger partial charge in [0.25, 0.3) is 11.8 Å². The van der Waals surface area contributed by atoms with Crippen molar-refractivity contribution in [3.05, 3.63) is 69.2 Å². The molecule has 0 bridgehead atoms. The number of benzene rings is 1. The molecular weight excluding hydrogens is 362 g/mol. The summed E-state index contributed by atoms with van der Waals surface area (Å²) in [6.45, 7) is 0.449. The van der Waals surface area contributed by atoms with Crippen LogP contribution in [0.25, 0.3) is 0 Å². The molecule has 2 aromatic heterocycles. The Morgan fingerprint density at radius 2 is 1.96 bits per heavy atom. The van der Waals surface area contributed by atoms with Crippen LogP contribution in [-0.4, -0.2) is 23.3 Å². The largest absolute Gasteiger partial charge is 0.431 e. The van der Waals surface area contributed by atoms with Gasteiger partial charge >= 0.3 is 6.01 Å². The molecule has 2 N–H and O–H groups in total. The van der Waals surface area contributed by atoms with Crippen LogP contribution < -0.4 is 10.6 Å². The second kappa shape index (κ2) is 7.96. The Kier molecular flexibility index (Phi) is 5.47. The average molecular weight is 376 g/mol. The number of rotatable bonds is 6. The first-order valence-corrected chi connectivity index (χ1v) is 8.70. The van der Waals surface area contributed by atoms with E-state index in [-0.39, 0.29) is 23.5 Å². The van der Waals surface area contributed by atoms with Crippen LogP contribution in [0, 0.1) is 0 Å². The van der Waals surface area contributed by atoms with Gasteiger partial charge in [0, 0.05) is 11.6 Å². The van der Waals surface area contributed by atoms with Gasteiger partial charge < -0.3 is 9.73 Å². The molecule has 0 aliphatic carbocycles. The third-order valence-electron chi connectivity index (χ3n) is 3.31. The number of hydrogen-bond acceptors (Lipinski definition) is 5. The molecule has 128 valence electrons. The molecule has 0 atom stereocenters. The lowest BCUT2D eigenvalue weighted by molar-refractivity contribution is 0.0948. The molecule has 0 fully saturated rings. The summed E-state index contributed by atoms with van der Waals surface area (Å²) < 4.78 is 5.12. The van der Waals surface area contributed by atoms with Gasteiger partial charge in [-0.1, -0.05) is 29.8 Å². The lowest BCUT2D eigenvalue weighted by Crippen LogP contribution is -2.26. The second-order valence-corrected chi connectivity index (χ2v) is 6.49. The van der Waals surface area contributed by atoms with Crippen LogP contribution in [0.2, 0.25) is 5.02 Å². The molecule has 6 nitrogen and oxygen atoms in total. The maximum Gasteiger partial charge on any atom is 0.302 e. The fourth-order valence-electron chi connectivity index (χ4n) is 2.06. The molecule has 0 saturated heterocycles. The summed E-state index contributed by atoms with van der Waals surface area (Å²) >= 11 is 7.13. The number of thiophene rings is 1. The van der Waals surface area contributed by atoms with Crippen molar-refractivity contribution in [3.8, 4) is 0 Å². The van der Waals surface area contributed by atoms with E-state index in [0.29, 0.717) is 22.9 Å². The molecule has 0 saturated carbocycles. The van der Waals surface area contributed by atoms with E-state index in [0.717, 1.165) is 5.56 Å². The van der Waals surface area contributed by atoms with E-state index in [1.54, 1.807) is 29.6 Å². The second-order valence-electron chi connectivity index (χ2n) is 5.10. The number of anilines is 1. The highest BCUT2D eigenvalue weighted by molar-refractivity contribution is 7.12. The molecule has 3 rings (SSSR count). The minimum absolute atomic E-state index is 0.0127. The van der Waals surface area contributed by atoms with Crippen molar-refractivity contribution in [1.82, 2.24) is 10.3 Å². The Balaban J connectivity index is 1.50. The lowest BCUT2D eigenvalue weighted by atomic mass is 10.1. The first-order valence-electron chi connectivity index (χ1n) is 7.45. The SMILES string of the molecule is O=C(NCCc1ccc(Cl)cc1)c1coc(NC(=O)c2cccs2)n1. The average Bonchev–Trinajstić information content (AvgIpc) is 3.28. The van der Waals surface area contributed by atoms with Crippen molar-refractivity contribution < 1.29 is 14.0 Å². The van der Waals surface area contributed by atoms with Crippen molar-refractivity contribution in [2.45, 2.75) is 6.42 Å². The third-order valence-corrected chi connectivity index (χ3v) is 4.44. The predicted molar refractivity (Wildman–Crippen MR) is 96.3 cm³/mol. The van der Waals surface area contributed by atoms with Crippen molar-refractivity contribution in [1.29, 1.82) is 0 Å². The molecule has 1 aromatic carbocycles. The summed E-state index contributed by atoms with van der Waals surface area (Å²) in [6.07, 6.45) is 1.88. The Labute approximate surface area is 152 Å². The van der Waals surface area contributed by atoms with Crippen molar-refractivity contribution in [3.63, 3.8) is 0 Å². The van der Waals surface area contributed by atoms with E-state index in [1.165, 1.54) is 17.6 Å². The molecule has 0 aliphatic rings. The molecule has 2 amide bonds. The zero-order valence-electron chi connectivity index (χ0n) is 13.0.